The molecule has 3 heteroatoms. The Kier molecular flexibility index (Phi) is 5.28. The summed E-state index contributed by atoms with van der Waals surface area (Å²) in [5.41, 5.74) is 0.133. The SMILES string of the molecule is CC(C)[C@@H](C)/C=C/[C@@H](C)[C@@H]1CC[C@@H]2[C@]1(C)CC[C@H]1[C@]23CC[C@]2(C[C@@H](O)CC[C@]12C)OO3. The van der Waals surface area contributed by atoms with E-state index in [0.29, 0.717) is 35.0 Å². The average molecular weight is 431 g/mol. The molecule has 4 aliphatic carbocycles. The average Bonchev–Trinajstić information content (AvgIpc) is 3.09. The Morgan fingerprint density at radius 3 is 2.29 bits per heavy atom. The van der Waals surface area contributed by atoms with Gasteiger partial charge < -0.3 is 5.11 Å². The van der Waals surface area contributed by atoms with Crippen molar-refractivity contribution in [3.63, 3.8) is 0 Å². The first kappa shape index (κ1) is 22.4. The van der Waals surface area contributed by atoms with E-state index in [1.54, 1.807) is 0 Å². The minimum Gasteiger partial charge on any atom is -0.393 e. The Bertz CT molecular complexity index is 720. The van der Waals surface area contributed by atoms with Crippen molar-refractivity contribution in [3.8, 4) is 0 Å². The highest BCUT2D eigenvalue weighted by Crippen LogP contribution is 2.74. The number of fused-ring (bicyclic) bond motifs is 3. The fourth-order valence-corrected chi connectivity index (χ4v) is 9.32. The van der Waals surface area contributed by atoms with Gasteiger partial charge in [-0.25, -0.2) is 9.78 Å². The standard InChI is InChI=1S/C28H46O3/c1-18(2)19(3)7-8-20(4)22-9-10-23-25(22,5)13-12-24-26(6)14-11-21(29)17-27(26)15-16-28(23,24)31-30-27/h7-8,18-24,29H,9-17H2,1-6H3/b8-7+/t19-,20+,21-,22-,23+,24+,25+,26+,27+,28-/m0/s1. The molecule has 1 N–H and O–H groups in total. The van der Waals surface area contributed by atoms with Gasteiger partial charge in [0.1, 0.15) is 11.2 Å². The summed E-state index contributed by atoms with van der Waals surface area (Å²) in [5.74, 6) is 3.89. The summed E-state index contributed by atoms with van der Waals surface area (Å²) >= 11 is 0. The van der Waals surface area contributed by atoms with Gasteiger partial charge in [-0.1, -0.05) is 53.7 Å². The maximum Gasteiger partial charge on any atom is 0.112 e. The summed E-state index contributed by atoms with van der Waals surface area (Å²) in [6.45, 7) is 14.5. The van der Waals surface area contributed by atoms with Crippen molar-refractivity contribution in [1.29, 1.82) is 0 Å². The zero-order valence-electron chi connectivity index (χ0n) is 20.8. The monoisotopic (exact) mass is 430 g/mol. The van der Waals surface area contributed by atoms with Crippen LogP contribution in [0.25, 0.3) is 0 Å². The van der Waals surface area contributed by atoms with Crippen LogP contribution in [0.1, 0.15) is 99.3 Å². The lowest BCUT2D eigenvalue weighted by Crippen LogP contribution is -2.75. The van der Waals surface area contributed by atoms with Crippen molar-refractivity contribution >= 4 is 0 Å². The van der Waals surface area contributed by atoms with Crippen LogP contribution in [-0.2, 0) is 9.78 Å². The molecule has 3 nitrogen and oxygen atoms in total. The van der Waals surface area contributed by atoms with Crippen LogP contribution in [0.3, 0.4) is 0 Å². The molecule has 6 fully saturated rings. The van der Waals surface area contributed by atoms with Gasteiger partial charge in [0.2, 0.25) is 0 Å². The largest absolute Gasteiger partial charge is 0.393 e. The van der Waals surface area contributed by atoms with Crippen molar-refractivity contribution in [2.45, 2.75) is 117 Å². The van der Waals surface area contributed by atoms with Gasteiger partial charge in [-0.05, 0) is 92.3 Å². The van der Waals surface area contributed by atoms with Crippen molar-refractivity contribution in [3.05, 3.63) is 12.2 Å². The highest BCUT2D eigenvalue weighted by molar-refractivity contribution is 5.23. The van der Waals surface area contributed by atoms with Gasteiger partial charge in [0.15, 0.2) is 0 Å². The number of allylic oxidation sites excluding steroid dienone is 2. The zero-order chi connectivity index (χ0) is 22.2. The van der Waals surface area contributed by atoms with Crippen molar-refractivity contribution in [1.82, 2.24) is 0 Å². The zero-order valence-corrected chi connectivity index (χ0v) is 20.8. The number of rotatable bonds is 4. The molecule has 10 atom stereocenters. The molecular weight excluding hydrogens is 384 g/mol. The van der Waals surface area contributed by atoms with Crippen LogP contribution in [-0.4, -0.2) is 22.4 Å². The summed E-state index contributed by atoms with van der Waals surface area (Å²) in [4.78, 5) is 12.9. The normalized spacial score (nSPS) is 53.3. The fourth-order valence-electron chi connectivity index (χ4n) is 9.32. The maximum atomic E-state index is 10.4. The molecule has 2 spiro atoms. The van der Waals surface area contributed by atoms with E-state index in [9.17, 15) is 5.11 Å². The van der Waals surface area contributed by atoms with E-state index < -0.39 is 0 Å². The summed E-state index contributed by atoms with van der Waals surface area (Å²) < 4.78 is 0. The third-order valence-electron chi connectivity index (χ3n) is 11.6. The molecule has 0 amide bonds. The second kappa shape index (κ2) is 7.31. The molecule has 0 radical (unpaired) electrons. The van der Waals surface area contributed by atoms with E-state index >= 15 is 0 Å². The lowest BCUT2D eigenvalue weighted by molar-refractivity contribution is -0.536. The van der Waals surface area contributed by atoms with E-state index in [-0.39, 0.29) is 22.7 Å². The molecule has 2 bridgehead atoms. The van der Waals surface area contributed by atoms with Crippen LogP contribution in [0.15, 0.2) is 12.2 Å². The van der Waals surface area contributed by atoms with Crippen LogP contribution in [0, 0.1) is 46.3 Å². The number of aliphatic hydroxyl groups is 1. The maximum absolute atomic E-state index is 10.4. The van der Waals surface area contributed by atoms with Gasteiger partial charge in [-0.3, -0.25) is 0 Å². The highest BCUT2D eigenvalue weighted by atomic mass is 17.2. The fraction of sp³-hybridized carbons (Fsp3) is 0.929. The Morgan fingerprint density at radius 2 is 1.61 bits per heavy atom. The molecule has 2 aliphatic heterocycles. The topological polar surface area (TPSA) is 38.7 Å². The molecule has 31 heavy (non-hydrogen) atoms. The molecule has 2 heterocycles. The van der Waals surface area contributed by atoms with Crippen molar-refractivity contribution in [2.75, 3.05) is 0 Å². The second-order valence-electron chi connectivity index (χ2n) is 13.1. The molecule has 6 rings (SSSR count). The van der Waals surface area contributed by atoms with Crippen molar-refractivity contribution in [2.24, 2.45) is 46.3 Å². The number of hydrogen-bond donors (Lipinski definition) is 1. The molecule has 2 saturated heterocycles. The molecule has 6 aliphatic rings. The summed E-state index contributed by atoms with van der Waals surface area (Å²) in [5, 5.41) is 10.4. The van der Waals surface area contributed by atoms with Gasteiger partial charge in [-0.2, -0.15) is 0 Å². The minimum absolute atomic E-state index is 0.102. The van der Waals surface area contributed by atoms with Gasteiger partial charge in [0.25, 0.3) is 0 Å². The third-order valence-corrected chi connectivity index (χ3v) is 11.6. The van der Waals surface area contributed by atoms with Crippen LogP contribution < -0.4 is 0 Å². The highest BCUT2D eigenvalue weighted by Gasteiger charge is 2.75. The first-order chi connectivity index (χ1) is 14.6. The van der Waals surface area contributed by atoms with Crippen LogP contribution in [0.2, 0.25) is 0 Å². The Labute approximate surface area is 190 Å². The molecular formula is C28H46O3. The smallest absolute Gasteiger partial charge is 0.112 e. The first-order valence-corrected chi connectivity index (χ1v) is 13.3. The predicted octanol–water partition coefficient (Wildman–Crippen LogP) is 6.70. The quantitative estimate of drug-likeness (QED) is 0.398. The Morgan fingerprint density at radius 1 is 0.839 bits per heavy atom. The lowest BCUT2D eigenvalue weighted by Gasteiger charge is -2.72. The van der Waals surface area contributed by atoms with E-state index in [2.05, 4.69) is 53.7 Å². The Hall–Kier alpha value is -0.380. The Balaban J connectivity index is 1.42. The molecule has 0 aromatic rings. The van der Waals surface area contributed by atoms with Crippen molar-refractivity contribution < 1.29 is 14.9 Å². The summed E-state index contributed by atoms with van der Waals surface area (Å²) in [6.07, 6.45) is 14.9. The first-order valence-electron chi connectivity index (χ1n) is 13.3. The molecule has 0 aromatic carbocycles. The van der Waals surface area contributed by atoms with Crippen LogP contribution in [0.4, 0.5) is 0 Å². The third kappa shape index (κ3) is 2.94. The van der Waals surface area contributed by atoms with Crippen LogP contribution >= 0.6 is 0 Å². The van der Waals surface area contributed by atoms with E-state index in [0.717, 1.165) is 38.0 Å². The van der Waals surface area contributed by atoms with Crippen LogP contribution in [0.5, 0.6) is 0 Å². The predicted molar refractivity (Wildman–Crippen MR) is 124 cm³/mol. The van der Waals surface area contributed by atoms with Gasteiger partial charge in [0.05, 0.1) is 6.10 Å². The van der Waals surface area contributed by atoms with Gasteiger partial charge >= 0.3 is 0 Å². The van der Waals surface area contributed by atoms with Gasteiger partial charge in [-0.15, -0.1) is 0 Å². The van der Waals surface area contributed by atoms with Gasteiger partial charge in [0, 0.05) is 11.8 Å². The van der Waals surface area contributed by atoms with E-state index in [1.807, 2.05) is 0 Å². The summed E-state index contributed by atoms with van der Waals surface area (Å²) in [7, 11) is 0. The van der Waals surface area contributed by atoms with E-state index in [4.69, 9.17) is 9.78 Å². The molecule has 4 saturated carbocycles. The molecule has 0 aromatic heterocycles. The number of aliphatic hydroxyl groups excluding tert-OH is 1. The molecule has 0 unspecified atom stereocenters. The number of hydrogen-bond acceptors (Lipinski definition) is 3. The minimum atomic E-state index is -0.258. The van der Waals surface area contributed by atoms with E-state index in [1.165, 1.54) is 25.7 Å². The second-order valence-corrected chi connectivity index (χ2v) is 13.1. The lowest BCUT2D eigenvalue weighted by atomic mass is 9.40. The summed E-state index contributed by atoms with van der Waals surface area (Å²) in [6, 6.07) is 0. The molecule has 176 valence electrons.